The molecule has 0 saturated carbocycles. The third kappa shape index (κ3) is 8.01. The average molecular weight is 194 g/mol. The smallest absolute Gasteiger partial charge is 0.264 e. The Morgan fingerprint density at radius 2 is 1.75 bits per heavy atom. The van der Waals surface area contributed by atoms with Gasteiger partial charge in [-0.05, 0) is 18.3 Å². The minimum absolute atomic E-state index is 0.303. The summed E-state index contributed by atoms with van der Waals surface area (Å²) in [4.78, 5) is 0. The van der Waals surface area contributed by atoms with E-state index in [2.05, 4.69) is 18.0 Å². The van der Waals surface area contributed by atoms with Crippen LogP contribution >= 0.6 is 0 Å². The van der Waals surface area contributed by atoms with Gasteiger partial charge in [0.1, 0.15) is 0 Å². The van der Waals surface area contributed by atoms with Crippen molar-refractivity contribution in [1.82, 2.24) is 0 Å². The molecule has 0 N–H and O–H groups in total. The van der Waals surface area contributed by atoms with E-state index < -0.39 is 10.1 Å². The van der Waals surface area contributed by atoms with Crippen molar-refractivity contribution in [2.45, 2.75) is 27.2 Å². The molecular formula is C8H18O3S. The summed E-state index contributed by atoms with van der Waals surface area (Å²) in [5, 5.41) is 0. The van der Waals surface area contributed by atoms with Gasteiger partial charge in [-0.1, -0.05) is 20.8 Å². The van der Waals surface area contributed by atoms with Crippen molar-refractivity contribution in [1.29, 1.82) is 0 Å². The second kappa shape index (κ2) is 4.82. The monoisotopic (exact) mass is 194 g/mol. The van der Waals surface area contributed by atoms with Crippen LogP contribution in [0.2, 0.25) is 0 Å². The fourth-order valence-electron chi connectivity index (χ4n) is 1.11. The van der Waals surface area contributed by atoms with Gasteiger partial charge in [0.25, 0.3) is 10.1 Å². The molecule has 0 bridgehead atoms. The lowest BCUT2D eigenvalue weighted by atomic mass is 10.0. The normalized spacial score (nSPS) is 15.1. The molecule has 0 aliphatic carbocycles. The van der Waals surface area contributed by atoms with Crippen LogP contribution in [0.25, 0.3) is 0 Å². The van der Waals surface area contributed by atoms with E-state index in [9.17, 15) is 8.42 Å². The number of hydrogen-bond acceptors (Lipinski definition) is 3. The molecule has 0 heterocycles. The van der Waals surface area contributed by atoms with E-state index in [0.29, 0.717) is 18.4 Å². The van der Waals surface area contributed by atoms with Crippen LogP contribution in [0.15, 0.2) is 0 Å². The second-order valence-corrected chi connectivity index (χ2v) is 5.37. The Bertz CT molecular complexity index is 206. The maximum Gasteiger partial charge on any atom is 0.264 e. The molecule has 12 heavy (non-hydrogen) atoms. The summed E-state index contributed by atoms with van der Waals surface area (Å²) in [5.74, 6) is 0.892. The fraction of sp³-hybridized carbons (Fsp3) is 1.00. The van der Waals surface area contributed by atoms with Crippen molar-refractivity contribution in [3.8, 4) is 0 Å². The minimum atomic E-state index is -3.25. The Balaban J connectivity index is 3.65. The van der Waals surface area contributed by atoms with Gasteiger partial charge in [0.2, 0.25) is 0 Å². The molecular weight excluding hydrogens is 176 g/mol. The highest BCUT2D eigenvalue weighted by Crippen LogP contribution is 2.11. The standard InChI is InChI=1S/C8H18O3S/c1-7(2)5-8(3)6-11-12(4,9)10/h7-8H,5-6H2,1-4H3. The van der Waals surface area contributed by atoms with Crippen molar-refractivity contribution in [2.24, 2.45) is 11.8 Å². The first-order valence-electron chi connectivity index (χ1n) is 4.15. The molecule has 3 nitrogen and oxygen atoms in total. The lowest BCUT2D eigenvalue weighted by molar-refractivity contribution is 0.246. The molecule has 0 rings (SSSR count). The van der Waals surface area contributed by atoms with Crippen molar-refractivity contribution in [3.63, 3.8) is 0 Å². The SMILES string of the molecule is CC(C)CC(C)COS(C)(=O)=O. The second-order valence-electron chi connectivity index (χ2n) is 3.72. The molecule has 0 saturated heterocycles. The molecule has 0 aromatic carbocycles. The van der Waals surface area contributed by atoms with E-state index in [4.69, 9.17) is 0 Å². The van der Waals surface area contributed by atoms with Crippen molar-refractivity contribution >= 4 is 10.1 Å². The van der Waals surface area contributed by atoms with E-state index >= 15 is 0 Å². The van der Waals surface area contributed by atoms with Crippen LogP contribution in [-0.4, -0.2) is 21.3 Å². The molecule has 0 fully saturated rings. The molecule has 1 unspecified atom stereocenters. The molecule has 74 valence electrons. The summed E-state index contributed by atoms with van der Waals surface area (Å²) >= 11 is 0. The van der Waals surface area contributed by atoms with E-state index in [-0.39, 0.29) is 0 Å². The summed E-state index contributed by atoms with van der Waals surface area (Å²) in [6.45, 7) is 6.51. The quantitative estimate of drug-likeness (QED) is 0.625. The Morgan fingerprint density at radius 3 is 2.08 bits per heavy atom. The summed E-state index contributed by atoms with van der Waals surface area (Å²) in [6, 6.07) is 0. The van der Waals surface area contributed by atoms with Crippen LogP contribution in [-0.2, 0) is 14.3 Å². The molecule has 0 aromatic rings. The zero-order valence-corrected chi connectivity index (χ0v) is 9.02. The first-order chi connectivity index (χ1) is 5.31. The number of hydrogen-bond donors (Lipinski definition) is 0. The van der Waals surface area contributed by atoms with Gasteiger partial charge in [-0.25, -0.2) is 0 Å². The van der Waals surface area contributed by atoms with Crippen LogP contribution in [0.5, 0.6) is 0 Å². The Labute approximate surface area is 75.2 Å². The third-order valence-electron chi connectivity index (χ3n) is 1.44. The van der Waals surface area contributed by atoms with Gasteiger partial charge in [0, 0.05) is 0 Å². The maximum atomic E-state index is 10.6. The van der Waals surface area contributed by atoms with Gasteiger partial charge in [-0.15, -0.1) is 0 Å². The van der Waals surface area contributed by atoms with E-state index in [1.54, 1.807) is 0 Å². The minimum Gasteiger partial charge on any atom is -0.270 e. The molecule has 0 amide bonds. The van der Waals surface area contributed by atoms with Gasteiger partial charge >= 0.3 is 0 Å². The highest BCUT2D eigenvalue weighted by atomic mass is 32.2. The van der Waals surface area contributed by atoms with Crippen LogP contribution < -0.4 is 0 Å². The molecule has 1 atom stereocenters. The topological polar surface area (TPSA) is 43.4 Å². The lowest BCUT2D eigenvalue weighted by Crippen LogP contribution is -2.12. The molecule has 0 aliphatic rings. The van der Waals surface area contributed by atoms with Gasteiger partial charge in [-0.2, -0.15) is 8.42 Å². The predicted molar refractivity (Wildman–Crippen MR) is 49.4 cm³/mol. The molecule has 0 radical (unpaired) electrons. The van der Waals surface area contributed by atoms with Crippen LogP contribution in [0.4, 0.5) is 0 Å². The summed E-state index contributed by atoms with van der Waals surface area (Å²) in [6.07, 6.45) is 2.07. The Morgan fingerprint density at radius 1 is 1.25 bits per heavy atom. The van der Waals surface area contributed by atoms with E-state index in [1.165, 1.54) is 0 Å². The van der Waals surface area contributed by atoms with Gasteiger partial charge in [0.15, 0.2) is 0 Å². The Hall–Kier alpha value is -0.0900. The van der Waals surface area contributed by atoms with Crippen LogP contribution in [0.3, 0.4) is 0 Å². The first kappa shape index (κ1) is 11.9. The average Bonchev–Trinajstić information content (AvgIpc) is 1.80. The zero-order valence-electron chi connectivity index (χ0n) is 8.20. The number of rotatable bonds is 5. The van der Waals surface area contributed by atoms with E-state index in [1.807, 2.05) is 6.92 Å². The highest BCUT2D eigenvalue weighted by molar-refractivity contribution is 7.85. The fourth-order valence-corrected chi connectivity index (χ4v) is 1.59. The molecule has 0 aliphatic heterocycles. The van der Waals surface area contributed by atoms with Crippen molar-refractivity contribution in [2.75, 3.05) is 12.9 Å². The summed E-state index contributed by atoms with van der Waals surface area (Å²) in [5.41, 5.74) is 0. The van der Waals surface area contributed by atoms with Gasteiger partial charge in [0.05, 0.1) is 12.9 Å². The molecule has 4 heteroatoms. The highest BCUT2D eigenvalue weighted by Gasteiger charge is 2.08. The van der Waals surface area contributed by atoms with Crippen LogP contribution in [0, 0.1) is 11.8 Å². The van der Waals surface area contributed by atoms with E-state index in [0.717, 1.165) is 12.7 Å². The van der Waals surface area contributed by atoms with Crippen LogP contribution in [0.1, 0.15) is 27.2 Å². The first-order valence-corrected chi connectivity index (χ1v) is 5.97. The molecule has 0 spiro atoms. The maximum absolute atomic E-state index is 10.6. The lowest BCUT2D eigenvalue weighted by Gasteiger charge is -2.12. The summed E-state index contributed by atoms with van der Waals surface area (Å²) in [7, 11) is -3.25. The van der Waals surface area contributed by atoms with Gasteiger partial charge in [-0.3, -0.25) is 4.18 Å². The zero-order chi connectivity index (χ0) is 9.78. The predicted octanol–water partition coefficient (Wildman–Crippen LogP) is 1.64. The van der Waals surface area contributed by atoms with Crippen molar-refractivity contribution in [3.05, 3.63) is 0 Å². The van der Waals surface area contributed by atoms with Crippen molar-refractivity contribution < 1.29 is 12.6 Å². The Kier molecular flexibility index (Phi) is 4.78. The van der Waals surface area contributed by atoms with Gasteiger partial charge < -0.3 is 0 Å². The molecule has 0 aromatic heterocycles. The largest absolute Gasteiger partial charge is 0.270 e. The summed E-state index contributed by atoms with van der Waals surface area (Å²) < 4.78 is 25.9. The third-order valence-corrected chi connectivity index (χ3v) is 2.00.